The van der Waals surface area contributed by atoms with Crippen molar-refractivity contribution in [1.82, 2.24) is 0 Å². The van der Waals surface area contributed by atoms with Crippen LogP contribution in [0.15, 0.2) is 0 Å². The maximum absolute atomic E-state index is 11.8. The van der Waals surface area contributed by atoms with Gasteiger partial charge < -0.3 is 4.74 Å². The molecule has 1 saturated heterocycles. The lowest BCUT2D eigenvalue weighted by atomic mass is 10.2. The minimum Gasteiger partial charge on any atom is -0.372 e. The van der Waals surface area contributed by atoms with Crippen molar-refractivity contribution < 1.29 is 9.13 Å². The third kappa shape index (κ3) is 0.411. The van der Waals surface area contributed by atoms with Gasteiger partial charge in [0, 0.05) is 0 Å². The number of ether oxygens (including phenoxy) is 1. The summed E-state index contributed by atoms with van der Waals surface area (Å²) in [5.74, 6) is 0. The second-order valence-electron chi connectivity index (χ2n) is 1.55. The summed E-state index contributed by atoms with van der Waals surface area (Å²) in [7, 11) is 0. The molecule has 0 aromatic rings. The lowest BCUT2D eigenvalue weighted by Gasteiger charge is -2.26. The summed E-state index contributed by atoms with van der Waals surface area (Å²) in [6.45, 7) is 2.04. The van der Waals surface area contributed by atoms with Crippen molar-refractivity contribution in [1.29, 1.82) is 0 Å². The minimum absolute atomic E-state index is 0.134. The fraction of sp³-hybridized carbons (Fsp3) is 1.00. The molecule has 2 unspecified atom stereocenters. The van der Waals surface area contributed by atoms with Crippen molar-refractivity contribution in [3.8, 4) is 0 Å². The van der Waals surface area contributed by atoms with E-state index in [0.717, 1.165) is 0 Å². The van der Waals surface area contributed by atoms with Crippen LogP contribution in [0.1, 0.15) is 6.92 Å². The first-order valence-electron chi connectivity index (χ1n) is 2.06. The van der Waals surface area contributed by atoms with Gasteiger partial charge in [0.1, 0.15) is 6.17 Å². The molecule has 1 rings (SSSR count). The molecular formula is C4H7FO. The zero-order valence-corrected chi connectivity index (χ0v) is 3.65. The molecule has 0 aliphatic carbocycles. The summed E-state index contributed by atoms with van der Waals surface area (Å²) in [5.41, 5.74) is 0. The SMILES string of the molecule is CC1OCC1F. The fourth-order valence-electron chi connectivity index (χ4n) is 0.361. The van der Waals surface area contributed by atoms with E-state index in [1.807, 2.05) is 0 Å². The smallest absolute Gasteiger partial charge is 0.149 e. The summed E-state index contributed by atoms with van der Waals surface area (Å²) in [6, 6.07) is 0. The molecule has 1 aliphatic rings. The normalized spacial score (nSPS) is 45.0. The van der Waals surface area contributed by atoms with Gasteiger partial charge in [-0.05, 0) is 6.92 Å². The Morgan fingerprint density at radius 3 is 2.33 bits per heavy atom. The summed E-state index contributed by atoms with van der Waals surface area (Å²) in [6.07, 6.45) is -0.824. The van der Waals surface area contributed by atoms with E-state index in [1.54, 1.807) is 6.92 Å². The number of alkyl halides is 1. The van der Waals surface area contributed by atoms with Crippen LogP contribution in [-0.2, 0) is 4.74 Å². The Hall–Kier alpha value is -0.110. The van der Waals surface area contributed by atoms with Gasteiger partial charge in [0.2, 0.25) is 0 Å². The highest BCUT2D eigenvalue weighted by Gasteiger charge is 2.26. The van der Waals surface area contributed by atoms with Gasteiger partial charge in [0.05, 0.1) is 12.7 Å². The standard InChI is InChI=1S/C4H7FO/c1-3-4(5)2-6-3/h3-4H,2H2,1H3. The largest absolute Gasteiger partial charge is 0.372 e. The monoisotopic (exact) mass is 90.0 g/mol. The highest BCUT2D eigenvalue weighted by atomic mass is 19.1. The number of hydrogen-bond acceptors (Lipinski definition) is 1. The predicted molar refractivity (Wildman–Crippen MR) is 20.3 cm³/mol. The molecule has 2 atom stereocenters. The second-order valence-corrected chi connectivity index (χ2v) is 1.55. The number of hydrogen-bond donors (Lipinski definition) is 0. The summed E-state index contributed by atoms with van der Waals surface area (Å²) < 4.78 is 16.5. The number of rotatable bonds is 0. The third-order valence-electron chi connectivity index (χ3n) is 1.03. The van der Waals surface area contributed by atoms with E-state index < -0.39 is 6.17 Å². The Morgan fingerprint density at radius 2 is 2.33 bits per heavy atom. The summed E-state index contributed by atoms with van der Waals surface area (Å²) in [4.78, 5) is 0. The van der Waals surface area contributed by atoms with Gasteiger partial charge in [0.25, 0.3) is 0 Å². The van der Waals surface area contributed by atoms with Crippen LogP contribution in [0.25, 0.3) is 0 Å². The minimum atomic E-state index is -0.690. The molecule has 0 aromatic carbocycles. The van der Waals surface area contributed by atoms with Crippen LogP contribution in [0.2, 0.25) is 0 Å². The van der Waals surface area contributed by atoms with Crippen molar-refractivity contribution in [2.75, 3.05) is 6.61 Å². The molecule has 2 heteroatoms. The highest BCUT2D eigenvalue weighted by Crippen LogP contribution is 2.13. The molecule has 1 heterocycles. The molecule has 0 N–H and O–H groups in total. The molecule has 0 bridgehead atoms. The van der Waals surface area contributed by atoms with E-state index in [9.17, 15) is 4.39 Å². The molecular weight excluding hydrogens is 83.0 g/mol. The molecule has 1 nitrogen and oxygen atoms in total. The Bertz CT molecular complexity index is 47.5. The highest BCUT2D eigenvalue weighted by molar-refractivity contribution is 4.72. The van der Waals surface area contributed by atoms with E-state index in [4.69, 9.17) is 0 Å². The molecule has 6 heavy (non-hydrogen) atoms. The van der Waals surface area contributed by atoms with Crippen LogP contribution in [-0.4, -0.2) is 18.9 Å². The van der Waals surface area contributed by atoms with Crippen LogP contribution >= 0.6 is 0 Å². The predicted octanol–water partition coefficient (Wildman–Crippen LogP) is 0.743. The Morgan fingerprint density at radius 1 is 1.83 bits per heavy atom. The van der Waals surface area contributed by atoms with Gasteiger partial charge in [-0.2, -0.15) is 0 Å². The van der Waals surface area contributed by atoms with Crippen molar-refractivity contribution in [2.24, 2.45) is 0 Å². The van der Waals surface area contributed by atoms with Crippen LogP contribution < -0.4 is 0 Å². The van der Waals surface area contributed by atoms with Crippen LogP contribution in [0.3, 0.4) is 0 Å². The van der Waals surface area contributed by atoms with E-state index in [-0.39, 0.29) is 6.10 Å². The topological polar surface area (TPSA) is 9.23 Å². The zero-order chi connectivity index (χ0) is 4.57. The molecule has 0 aromatic heterocycles. The average Bonchev–Trinajstić information content (AvgIpc) is 1.61. The lowest BCUT2D eigenvalue weighted by molar-refractivity contribution is -0.115. The molecule has 0 spiro atoms. The van der Waals surface area contributed by atoms with E-state index in [0.29, 0.717) is 6.61 Å². The lowest BCUT2D eigenvalue weighted by Crippen LogP contribution is -2.38. The van der Waals surface area contributed by atoms with Gasteiger partial charge in [-0.3, -0.25) is 0 Å². The molecule has 0 radical (unpaired) electrons. The van der Waals surface area contributed by atoms with Crippen LogP contribution in [0.4, 0.5) is 4.39 Å². The van der Waals surface area contributed by atoms with Crippen LogP contribution in [0, 0.1) is 0 Å². The van der Waals surface area contributed by atoms with Gasteiger partial charge in [-0.15, -0.1) is 0 Å². The zero-order valence-electron chi connectivity index (χ0n) is 3.65. The van der Waals surface area contributed by atoms with Crippen molar-refractivity contribution >= 4 is 0 Å². The van der Waals surface area contributed by atoms with Crippen molar-refractivity contribution in [2.45, 2.75) is 19.2 Å². The third-order valence-corrected chi connectivity index (χ3v) is 1.03. The van der Waals surface area contributed by atoms with Crippen LogP contribution in [0.5, 0.6) is 0 Å². The average molecular weight is 90.1 g/mol. The maximum atomic E-state index is 11.8. The molecule has 0 saturated carbocycles. The van der Waals surface area contributed by atoms with E-state index in [1.165, 1.54) is 0 Å². The van der Waals surface area contributed by atoms with Crippen molar-refractivity contribution in [3.63, 3.8) is 0 Å². The van der Waals surface area contributed by atoms with Gasteiger partial charge >= 0.3 is 0 Å². The molecule has 1 fully saturated rings. The van der Waals surface area contributed by atoms with Gasteiger partial charge in [-0.25, -0.2) is 4.39 Å². The molecule has 36 valence electrons. The first-order chi connectivity index (χ1) is 2.80. The first-order valence-corrected chi connectivity index (χ1v) is 2.06. The van der Waals surface area contributed by atoms with Crippen molar-refractivity contribution in [3.05, 3.63) is 0 Å². The first kappa shape index (κ1) is 4.06. The molecule has 0 amide bonds. The number of halogens is 1. The summed E-state index contributed by atoms with van der Waals surface area (Å²) in [5, 5.41) is 0. The second kappa shape index (κ2) is 1.19. The maximum Gasteiger partial charge on any atom is 0.149 e. The van der Waals surface area contributed by atoms with E-state index in [2.05, 4.69) is 4.74 Å². The van der Waals surface area contributed by atoms with E-state index >= 15 is 0 Å². The Kier molecular flexibility index (Phi) is 0.804. The Labute approximate surface area is 36.1 Å². The molecule has 1 aliphatic heterocycles. The van der Waals surface area contributed by atoms with Gasteiger partial charge in [0.15, 0.2) is 0 Å². The summed E-state index contributed by atoms with van der Waals surface area (Å²) >= 11 is 0. The Balaban J connectivity index is 2.20. The fourth-order valence-corrected chi connectivity index (χ4v) is 0.361. The van der Waals surface area contributed by atoms with Gasteiger partial charge in [-0.1, -0.05) is 0 Å². The quantitative estimate of drug-likeness (QED) is 0.426.